The van der Waals surface area contributed by atoms with Crippen LogP contribution in [0.4, 0.5) is 23.0 Å². The summed E-state index contributed by atoms with van der Waals surface area (Å²) in [4.78, 5) is 19.9. The van der Waals surface area contributed by atoms with Gasteiger partial charge in [-0.1, -0.05) is 12.1 Å². The Labute approximate surface area is 210 Å². The zero-order chi connectivity index (χ0) is 26.1. The summed E-state index contributed by atoms with van der Waals surface area (Å²) in [5.41, 5.74) is 8.46. The molecule has 0 spiro atoms. The monoisotopic (exact) mass is 498 g/mol. The lowest BCUT2D eigenvalue weighted by Crippen LogP contribution is -2.04. The second-order valence-corrected chi connectivity index (χ2v) is 8.47. The molecule has 0 amide bonds. The number of aromatic nitrogens is 4. The van der Waals surface area contributed by atoms with Gasteiger partial charge in [0.05, 0.1) is 11.1 Å². The Morgan fingerprint density at radius 2 is 1.70 bits per heavy atom. The average Bonchev–Trinajstić information content (AvgIpc) is 3.53. The SMILES string of the molecule is Cc1cccc(Nc2nc3nonc3nc2N/N=C\c2ccc(-c3cc(C)c(C)c([N+](=O)[O-])c3)o2)c1C. The van der Waals surface area contributed by atoms with Crippen molar-refractivity contribution in [2.24, 2.45) is 5.10 Å². The Morgan fingerprint density at radius 1 is 0.946 bits per heavy atom. The molecule has 0 saturated carbocycles. The number of aryl methyl sites for hydroxylation is 2. The summed E-state index contributed by atoms with van der Waals surface area (Å²) < 4.78 is 10.6. The lowest BCUT2D eigenvalue weighted by molar-refractivity contribution is -0.385. The van der Waals surface area contributed by atoms with E-state index in [2.05, 4.69) is 36.1 Å². The van der Waals surface area contributed by atoms with Gasteiger partial charge >= 0.3 is 0 Å². The Morgan fingerprint density at radius 3 is 2.46 bits per heavy atom. The summed E-state index contributed by atoms with van der Waals surface area (Å²) in [6.45, 7) is 7.58. The van der Waals surface area contributed by atoms with Crippen LogP contribution in [0.15, 0.2) is 56.6 Å². The van der Waals surface area contributed by atoms with Crippen LogP contribution >= 0.6 is 0 Å². The smallest absolute Gasteiger partial charge is 0.273 e. The number of nitrogens with zero attached hydrogens (tertiary/aromatic N) is 6. The van der Waals surface area contributed by atoms with Gasteiger partial charge < -0.3 is 9.73 Å². The number of hydrogen-bond donors (Lipinski definition) is 2. The molecule has 0 saturated heterocycles. The van der Waals surface area contributed by atoms with Crippen LogP contribution in [-0.4, -0.2) is 31.4 Å². The van der Waals surface area contributed by atoms with Gasteiger partial charge in [0.15, 0.2) is 11.6 Å². The highest BCUT2D eigenvalue weighted by Crippen LogP contribution is 2.31. The zero-order valence-corrected chi connectivity index (χ0v) is 20.4. The molecule has 2 aromatic carbocycles. The molecule has 0 unspecified atom stereocenters. The van der Waals surface area contributed by atoms with E-state index in [9.17, 15) is 10.1 Å². The molecule has 3 heterocycles. The Balaban J connectivity index is 1.40. The van der Waals surface area contributed by atoms with E-state index >= 15 is 0 Å². The largest absolute Gasteiger partial charge is 0.455 e. The fraction of sp³-hybridized carbons (Fsp3) is 0.160. The zero-order valence-electron chi connectivity index (χ0n) is 20.4. The number of fused-ring (bicyclic) bond motifs is 1. The predicted molar refractivity (Wildman–Crippen MR) is 138 cm³/mol. The van der Waals surface area contributed by atoms with E-state index in [1.165, 1.54) is 12.3 Å². The van der Waals surface area contributed by atoms with Crippen molar-refractivity contribution in [1.29, 1.82) is 0 Å². The summed E-state index contributed by atoms with van der Waals surface area (Å²) >= 11 is 0. The summed E-state index contributed by atoms with van der Waals surface area (Å²) in [7, 11) is 0. The van der Waals surface area contributed by atoms with Gasteiger partial charge in [-0.15, -0.1) is 0 Å². The quantitative estimate of drug-likeness (QED) is 0.164. The first-order valence-corrected chi connectivity index (χ1v) is 11.3. The molecule has 0 fully saturated rings. The molecule has 2 N–H and O–H groups in total. The summed E-state index contributed by atoms with van der Waals surface area (Å²) in [5, 5.41) is 26.4. The third-order valence-corrected chi connectivity index (χ3v) is 6.08. The van der Waals surface area contributed by atoms with Crippen molar-refractivity contribution in [3.63, 3.8) is 0 Å². The topological polar surface area (TPSA) is 157 Å². The van der Waals surface area contributed by atoms with E-state index in [4.69, 9.17) is 9.05 Å². The Hall–Kier alpha value is -5.13. The van der Waals surface area contributed by atoms with E-state index in [-0.39, 0.29) is 17.0 Å². The van der Waals surface area contributed by atoms with Gasteiger partial charge in [0.2, 0.25) is 11.3 Å². The molecule has 5 aromatic rings. The lowest BCUT2D eigenvalue weighted by atomic mass is 10.0. The van der Waals surface area contributed by atoms with Crippen LogP contribution in [0.2, 0.25) is 0 Å². The highest BCUT2D eigenvalue weighted by molar-refractivity contribution is 5.81. The van der Waals surface area contributed by atoms with Crippen LogP contribution in [0.1, 0.15) is 28.0 Å². The maximum Gasteiger partial charge on any atom is 0.273 e. The number of nitro groups is 1. The molecule has 0 aliphatic rings. The summed E-state index contributed by atoms with van der Waals surface area (Å²) in [6, 6.07) is 12.7. The molecule has 0 atom stereocenters. The van der Waals surface area contributed by atoms with E-state index in [1.54, 1.807) is 19.1 Å². The van der Waals surface area contributed by atoms with E-state index in [0.717, 1.165) is 22.4 Å². The molecule has 5 rings (SSSR count). The van der Waals surface area contributed by atoms with Crippen molar-refractivity contribution in [3.8, 4) is 11.3 Å². The molecule has 12 heteroatoms. The second kappa shape index (κ2) is 9.49. The third-order valence-electron chi connectivity index (χ3n) is 6.08. The van der Waals surface area contributed by atoms with Crippen LogP contribution in [0, 0.1) is 37.8 Å². The van der Waals surface area contributed by atoms with Crippen molar-refractivity contribution < 1.29 is 14.0 Å². The van der Waals surface area contributed by atoms with Crippen molar-refractivity contribution in [3.05, 3.63) is 80.6 Å². The van der Waals surface area contributed by atoms with Crippen LogP contribution in [0.5, 0.6) is 0 Å². The van der Waals surface area contributed by atoms with Crippen molar-refractivity contribution in [2.75, 3.05) is 10.7 Å². The van der Waals surface area contributed by atoms with Gasteiger partial charge in [0, 0.05) is 22.9 Å². The minimum atomic E-state index is -0.396. The standard InChI is InChI=1S/C25H22N8O4/c1-13-6-5-7-19(15(13)3)27-22-23(29-25-24(28-22)31-37-32-25)30-26-12-18-8-9-21(36-18)17-10-14(2)16(4)20(11-17)33(34)35/h5-12H,1-4H3,(H,27,28,31)(H,29,30,32)/b26-12-. The van der Waals surface area contributed by atoms with Gasteiger partial charge in [-0.3, -0.25) is 15.5 Å². The van der Waals surface area contributed by atoms with Crippen molar-refractivity contribution in [1.82, 2.24) is 20.3 Å². The number of hydrazone groups is 1. The normalized spacial score (nSPS) is 11.4. The van der Waals surface area contributed by atoms with Crippen LogP contribution in [-0.2, 0) is 0 Å². The number of anilines is 3. The minimum Gasteiger partial charge on any atom is -0.455 e. The minimum absolute atomic E-state index is 0.0449. The number of nitro benzene ring substituents is 1. The van der Waals surface area contributed by atoms with Gasteiger partial charge in [0.25, 0.3) is 5.69 Å². The van der Waals surface area contributed by atoms with Crippen LogP contribution in [0.25, 0.3) is 22.6 Å². The Kier molecular flexibility index (Phi) is 6.05. The Bertz CT molecular complexity index is 1670. The lowest BCUT2D eigenvalue weighted by Gasteiger charge is -2.12. The van der Waals surface area contributed by atoms with Gasteiger partial charge in [-0.2, -0.15) is 10.1 Å². The molecule has 0 radical (unpaired) electrons. The first kappa shape index (κ1) is 23.6. The number of hydrogen-bond acceptors (Lipinski definition) is 11. The number of nitrogens with one attached hydrogen (secondary N) is 2. The van der Waals surface area contributed by atoms with Crippen molar-refractivity contribution in [2.45, 2.75) is 27.7 Å². The third kappa shape index (κ3) is 4.72. The van der Waals surface area contributed by atoms with Crippen LogP contribution in [0.3, 0.4) is 0 Å². The van der Waals surface area contributed by atoms with E-state index in [1.807, 2.05) is 45.0 Å². The van der Waals surface area contributed by atoms with Gasteiger partial charge in [0.1, 0.15) is 11.5 Å². The molecule has 3 aromatic heterocycles. The molecule has 0 aliphatic heterocycles. The number of benzene rings is 2. The maximum atomic E-state index is 11.4. The van der Waals surface area contributed by atoms with Crippen molar-refractivity contribution >= 4 is 40.5 Å². The maximum absolute atomic E-state index is 11.4. The second-order valence-electron chi connectivity index (χ2n) is 8.47. The fourth-order valence-corrected chi connectivity index (χ4v) is 3.72. The molecule has 12 nitrogen and oxygen atoms in total. The predicted octanol–water partition coefficient (Wildman–Crippen LogP) is 5.60. The number of furan rings is 1. The molecule has 0 aliphatic carbocycles. The molecule has 0 bridgehead atoms. The van der Waals surface area contributed by atoms with Gasteiger partial charge in [-0.05, 0) is 79.0 Å². The highest BCUT2D eigenvalue weighted by atomic mass is 16.6. The molecule has 37 heavy (non-hydrogen) atoms. The first-order chi connectivity index (χ1) is 17.8. The number of rotatable bonds is 7. The molecular weight excluding hydrogens is 476 g/mol. The fourth-order valence-electron chi connectivity index (χ4n) is 3.72. The first-order valence-electron chi connectivity index (χ1n) is 11.3. The van der Waals surface area contributed by atoms with Crippen LogP contribution < -0.4 is 10.7 Å². The van der Waals surface area contributed by atoms with Gasteiger partial charge in [-0.25, -0.2) is 9.61 Å². The average molecular weight is 499 g/mol. The molecule has 186 valence electrons. The summed E-state index contributed by atoms with van der Waals surface area (Å²) in [5.74, 6) is 1.61. The highest BCUT2D eigenvalue weighted by Gasteiger charge is 2.17. The van der Waals surface area contributed by atoms with E-state index < -0.39 is 4.92 Å². The summed E-state index contributed by atoms with van der Waals surface area (Å²) in [6.07, 6.45) is 1.47. The molecular formula is C25H22N8O4. The van der Waals surface area contributed by atoms with E-state index in [0.29, 0.717) is 34.3 Å².